The Morgan fingerprint density at radius 1 is 1.11 bits per heavy atom. The summed E-state index contributed by atoms with van der Waals surface area (Å²) >= 11 is 5.76. The van der Waals surface area contributed by atoms with Crippen molar-refractivity contribution in [1.29, 1.82) is 0 Å². The van der Waals surface area contributed by atoms with E-state index in [9.17, 15) is 0 Å². The summed E-state index contributed by atoms with van der Waals surface area (Å²) in [6.07, 6.45) is 3.56. The van der Waals surface area contributed by atoms with Gasteiger partial charge in [-0.15, -0.1) is 15.3 Å². The molecule has 3 rings (SSSR count). The van der Waals surface area contributed by atoms with Crippen LogP contribution in [0.4, 0.5) is 0 Å². The lowest BCUT2D eigenvalue weighted by atomic mass is 9.88. The normalized spacial score (nSPS) is 11.9. The Balaban J connectivity index is 2.16. The minimum atomic E-state index is -0.444. The van der Waals surface area contributed by atoms with E-state index in [4.69, 9.17) is 11.6 Å². The maximum Gasteiger partial charge on any atom is 0.254 e. The Morgan fingerprint density at radius 2 is 1.95 bits per heavy atom. The molecule has 0 N–H and O–H groups in total. The van der Waals surface area contributed by atoms with Crippen molar-refractivity contribution in [3.8, 4) is 0 Å². The van der Waals surface area contributed by atoms with Gasteiger partial charge in [0.2, 0.25) is 0 Å². The molecule has 0 radical (unpaired) electrons. The number of rotatable bonds is 2. The van der Waals surface area contributed by atoms with Gasteiger partial charge in [0, 0.05) is 12.4 Å². The smallest absolute Gasteiger partial charge is 0.254 e. The molecule has 0 bridgehead atoms. The van der Waals surface area contributed by atoms with Crippen LogP contribution in [-0.4, -0.2) is 29.8 Å². The third kappa shape index (κ3) is 1.94. The molecule has 3 aromatic rings. The van der Waals surface area contributed by atoms with Crippen LogP contribution in [-0.2, 0) is 5.41 Å². The van der Waals surface area contributed by atoms with Crippen LogP contribution in [0.5, 0.6) is 0 Å². The SMILES string of the molecule is CC(C)(c1ccc(Cl)nn1)c1nnc2ncccn12. The number of nitrogens with zero attached hydrogens (tertiary/aromatic N) is 6. The lowest BCUT2D eigenvalue weighted by Crippen LogP contribution is -2.24. The molecule has 0 aromatic carbocycles. The number of fused-ring (bicyclic) bond motifs is 1. The van der Waals surface area contributed by atoms with Crippen molar-refractivity contribution in [2.45, 2.75) is 19.3 Å². The fraction of sp³-hybridized carbons (Fsp3) is 0.250. The zero-order valence-corrected chi connectivity index (χ0v) is 11.2. The second-order valence-corrected chi connectivity index (χ2v) is 5.07. The summed E-state index contributed by atoms with van der Waals surface area (Å²) < 4.78 is 1.84. The van der Waals surface area contributed by atoms with Gasteiger partial charge in [0.25, 0.3) is 5.78 Å². The summed E-state index contributed by atoms with van der Waals surface area (Å²) in [6.45, 7) is 4.02. The maximum atomic E-state index is 5.76. The third-order valence-electron chi connectivity index (χ3n) is 3.02. The maximum absolute atomic E-state index is 5.76. The van der Waals surface area contributed by atoms with Gasteiger partial charge in [0.1, 0.15) is 5.82 Å². The van der Waals surface area contributed by atoms with Crippen LogP contribution in [0.2, 0.25) is 5.15 Å². The molecule has 6 nitrogen and oxygen atoms in total. The third-order valence-corrected chi connectivity index (χ3v) is 3.22. The molecular formula is C12H11ClN6. The number of halogens is 1. The molecule has 0 unspecified atom stereocenters. The zero-order chi connectivity index (χ0) is 13.5. The molecule has 3 aromatic heterocycles. The molecule has 96 valence electrons. The lowest BCUT2D eigenvalue weighted by Gasteiger charge is -2.21. The van der Waals surface area contributed by atoms with Crippen molar-refractivity contribution in [1.82, 2.24) is 29.8 Å². The van der Waals surface area contributed by atoms with Gasteiger partial charge in [-0.1, -0.05) is 11.6 Å². The van der Waals surface area contributed by atoms with Gasteiger partial charge in [0.05, 0.1) is 11.1 Å². The first-order valence-electron chi connectivity index (χ1n) is 5.75. The number of hydrogen-bond acceptors (Lipinski definition) is 5. The molecule has 7 heteroatoms. The second kappa shape index (κ2) is 4.24. The van der Waals surface area contributed by atoms with E-state index in [-0.39, 0.29) is 0 Å². The first-order valence-corrected chi connectivity index (χ1v) is 6.13. The van der Waals surface area contributed by atoms with Crippen LogP contribution in [0, 0.1) is 0 Å². The Hall–Kier alpha value is -2.08. The van der Waals surface area contributed by atoms with Crippen molar-refractivity contribution < 1.29 is 0 Å². The van der Waals surface area contributed by atoms with Gasteiger partial charge < -0.3 is 0 Å². The van der Waals surface area contributed by atoms with E-state index in [1.54, 1.807) is 12.3 Å². The van der Waals surface area contributed by atoms with E-state index in [0.29, 0.717) is 10.9 Å². The van der Waals surface area contributed by atoms with E-state index in [2.05, 4.69) is 25.4 Å². The van der Waals surface area contributed by atoms with Gasteiger partial charge in [-0.2, -0.15) is 5.10 Å². The van der Waals surface area contributed by atoms with Crippen molar-refractivity contribution in [2.24, 2.45) is 0 Å². The first-order chi connectivity index (χ1) is 9.09. The molecule has 3 heterocycles. The lowest BCUT2D eigenvalue weighted by molar-refractivity contribution is 0.554. The van der Waals surface area contributed by atoms with E-state index in [1.807, 2.05) is 36.6 Å². The van der Waals surface area contributed by atoms with Crippen molar-refractivity contribution in [2.75, 3.05) is 0 Å². The minimum Gasteiger partial charge on any atom is -0.270 e. The van der Waals surface area contributed by atoms with Gasteiger partial charge in [0.15, 0.2) is 5.15 Å². The fourth-order valence-corrected chi connectivity index (χ4v) is 2.03. The largest absolute Gasteiger partial charge is 0.270 e. The van der Waals surface area contributed by atoms with Gasteiger partial charge in [-0.25, -0.2) is 4.98 Å². The second-order valence-electron chi connectivity index (χ2n) is 4.68. The molecule has 0 fully saturated rings. The molecule has 0 aliphatic rings. The molecule has 0 spiro atoms. The Bertz CT molecular complexity index is 718. The topological polar surface area (TPSA) is 68.9 Å². The average Bonchev–Trinajstić information content (AvgIpc) is 2.83. The predicted octanol–water partition coefficient (Wildman–Crippen LogP) is 1.89. The Kier molecular flexibility index (Phi) is 2.67. The fourth-order valence-electron chi connectivity index (χ4n) is 1.93. The summed E-state index contributed by atoms with van der Waals surface area (Å²) in [5, 5.41) is 16.6. The van der Waals surface area contributed by atoms with Crippen LogP contribution in [0.1, 0.15) is 25.4 Å². The molecule has 0 atom stereocenters. The average molecular weight is 275 g/mol. The molecular weight excluding hydrogens is 264 g/mol. The summed E-state index contributed by atoms with van der Waals surface area (Å²) in [5.74, 6) is 1.32. The highest BCUT2D eigenvalue weighted by atomic mass is 35.5. The van der Waals surface area contributed by atoms with Crippen LogP contribution in [0.3, 0.4) is 0 Å². The molecule has 19 heavy (non-hydrogen) atoms. The summed E-state index contributed by atoms with van der Waals surface area (Å²) in [7, 11) is 0. The van der Waals surface area contributed by atoms with Crippen LogP contribution >= 0.6 is 11.6 Å². The Morgan fingerprint density at radius 3 is 2.68 bits per heavy atom. The van der Waals surface area contributed by atoms with E-state index in [1.165, 1.54) is 0 Å². The summed E-state index contributed by atoms with van der Waals surface area (Å²) in [5.41, 5.74) is 0.329. The highest BCUT2D eigenvalue weighted by molar-refractivity contribution is 6.29. The highest BCUT2D eigenvalue weighted by Crippen LogP contribution is 2.28. The molecule has 0 amide bonds. The van der Waals surface area contributed by atoms with Gasteiger partial charge in [-0.05, 0) is 32.0 Å². The summed E-state index contributed by atoms with van der Waals surface area (Å²) in [6, 6.07) is 5.39. The van der Waals surface area contributed by atoms with Crippen molar-refractivity contribution in [3.63, 3.8) is 0 Å². The monoisotopic (exact) mass is 274 g/mol. The van der Waals surface area contributed by atoms with Crippen LogP contribution in [0.15, 0.2) is 30.6 Å². The summed E-state index contributed by atoms with van der Waals surface area (Å²) in [4.78, 5) is 4.16. The van der Waals surface area contributed by atoms with E-state index >= 15 is 0 Å². The molecule has 0 aliphatic carbocycles. The zero-order valence-electron chi connectivity index (χ0n) is 10.4. The van der Waals surface area contributed by atoms with E-state index < -0.39 is 5.41 Å². The number of hydrogen-bond donors (Lipinski definition) is 0. The molecule has 0 saturated heterocycles. The van der Waals surface area contributed by atoms with Crippen LogP contribution < -0.4 is 0 Å². The standard InChI is InChI=1S/C12H11ClN6/c1-12(2,8-4-5-9(13)16-15-8)10-17-18-11-14-6-3-7-19(10)11/h3-7H,1-2H3. The minimum absolute atomic E-state index is 0.368. The van der Waals surface area contributed by atoms with Crippen molar-refractivity contribution in [3.05, 3.63) is 47.3 Å². The quantitative estimate of drug-likeness (QED) is 0.714. The molecule has 0 aliphatic heterocycles. The van der Waals surface area contributed by atoms with Crippen LogP contribution in [0.25, 0.3) is 5.78 Å². The van der Waals surface area contributed by atoms with Gasteiger partial charge >= 0.3 is 0 Å². The number of aromatic nitrogens is 6. The van der Waals surface area contributed by atoms with Gasteiger partial charge in [-0.3, -0.25) is 4.40 Å². The predicted molar refractivity (Wildman–Crippen MR) is 70.0 cm³/mol. The van der Waals surface area contributed by atoms with Crippen molar-refractivity contribution >= 4 is 17.4 Å². The highest BCUT2D eigenvalue weighted by Gasteiger charge is 2.30. The Labute approximate surface area is 114 Å². The first kappa shape index (κ1) is 12.0. The van der Waals surface area contributed by atoms with E-state index in [0.717, 1.165) is 11.5 Å². The molecule has 0 saturated carbocycles.